The van der Waals surface area contributed by atoms with Crippen molar-refractivity contribution in [1.29, 1.82) is 0 Å². The normalized spacial score (nSPS) is 17.4. The average molecular weight is 147 g/mol. The quantitative estimate of drug-likeness (QED) is 0.540. The van der Waals surface area contributed by atoms with Gasteiger partial charge in [0.25, 0.3) is 0 Å². The maximum atomic E-state index is 9.36. The Bertz CT molecular complexity index is 88.9. The number of aliphatic hydroxyl groups excluding tert-OH is 2. The van der Waals surface area contributed by atoms with Gasteiger partial charge in [0.15, 0.2) is 0 Å². The predicted molar refractivity (Wildman–Crippen MR) is 37.8 cm³/mol. The third kappa shape index (κ3) is 1.94. The number of aliphatic hydroxyl groups is 3. The fourth-order valence-electron chi connectivity index (χ4n) is 0.736. The SMILES string of the molecule is CC[C](O)C(O)(CC)CO. The fourth-order valence-corrected chi connectivity index (χ4v) is 0.736. The number of hydrogen-bond acceptors (Lipinski definition) is 3. The van der Waals surface area contributed by atoms with Gasteiger partial charge in [0.05, 0.1) is 6.61 Å². The molecule has 0 aliphatic rings. The van der Waals surface area contributed by atoms with Crippen molar-refractivity contribution in [2.24, 2.45) is 0 Å². The fraction of sp³-hybridized carbons (Fsp3) is 0.857. The molecule has 0 bridgehead atoms. The molecule has 1 unspecified atom stereocenters. The van der Waals surface area contributed by atoms with E-state index >= 15 is 0 Å². The summed E-state index contributed by atoms with van der Waals surface area (Å²) in [7, 11) is 0. The second-order valence-corrected chi connectivity index (χ2v) is 2.34. The van der Waals surface area contributed by atoms with Gasteiger partial charge in [-0.2, -0.15) is 0 Å². The maximum absolute atomic E-state index is 9.36. The molecule has 0 aromatic carbocycles. The van der Waals surface area contributed by atoms with Crippen LogP contribution in [0.25, 0.3) is 0 Å². The summed E-state index contributed by atoms with van der Waals surface area (Å²) < 4.78 is 0. The van der Waals surface area contributed by atoms with Gasteiger partial charge in [0, 0.05) is 0 Å². The Labute approximate surface area is 61.3 Å². The first-order chi connectivity index (χ1) is 4.60. The first-order valence-corrected chi connectivity index (χ1v) is 3.49. The first kappa shape index (κ1) is 9.88. The smallest absolute Gasteiger partial charge is 0.127 e. The van der Waals surface area contributed by atoms with E-state index in [9.17, 15) is 5.11 Å². The van der Waals surface area contributed by atoms with Crippen molar-refractivity contribution in [3.63, 3.8) is 0 Å². The summed E-state index contributed by atoms with van der Waals surface area (Å²) in [6.07, 6.45) is 0.672. The molecule has 0 aromatic heterocycles. The summed E-state index contributed by atoms with van der Waals surface area (Å²) in [5, 5.41) is 27.1. The molecule has 3 N–H and O–H groups in total. The predicted octanol–water partition coefficient (Wildman–Crippen LogP) is 0.434. The topological polar surface area (TPSA) is 60.7 Å². The van der Waals surface area contributed by atoms with Gasteiger partial charge in [-0.05, 0) is 12.8 Å². The Morgan fingerprint density at radius 1 is 1.40 bits per heavy atom. The van der Waals surface area contributed by atoms with Crippen LogP contribution in [0.3, 0.4) is 0 Å². The summed E-state index contributed by atoms with van der Waals surface area (Å²) in [5.74, 6) is 0. The molecule has 0 amide bonds. The van der Waals surface area contributed by atoms with Gasteiger partial charge in [0.2, 0.25) is 0 Å². The minimum absolute atomic E-state index is 0.0440. The zero-order valence-corrected chi connectivity index (χ0v) is 6.46. The van der Waals surface area contributed by atoms with Crippen LogP contribution in [0.1, 0.15) is 26.7 Å². The van der Waals surface area contributed by atoms with E-state index in [4.69, 9.17) is 10.2 Å². The molecule has 0 saturated heterocycles. The largest absolute Gasteiger partial charge is 0.393 e. The van der Waals surface area contributed by atoms with Gasteiger partial charge in [-0.1, -0.05) is 13.8 Å². The lowest BCUT2D eigenvalue weighted by Gasteiger charge is -2.27. The molecular weight excluding hydrogens is 132 g/mol. The minimum atomic E-state index is -1.38. The lowest BCUT2D eigenvalue weighted by atomic mass is 9.93. The Balaban J connectivity index is 4.02. The van der Waals surface area contributed by atoms with Crippen LogP contribution >= 0.6 is 0 Å². The van der Waals surface area contributed by atoms with Crippen LogP contribution in [0.5, 0.6) is 0 Å². The minimum Gasteiger partial charge on any atom is -0.393 e. The molecule has 0 rings (SSSR count). The standard InChI is InChI=1S/C7H15O3/c1-3-6(9)7(10,4-2)5-8/h8-10H,3-5H2,1-2H3. The van der Waals surface area contributed by atoms with Gasteiger partial charge in [-0.15, -0.1) is 0 Å². The van der Waals surface area contributed by atoms with E-state index in [0.29, 0.717) is 12.8 Å². The van der Waals surface area contributed by atoms with Crippen LogP contribution in [-0.2, 0) is 0 Å². The Morgan fingerprint density at radius 3 is 2.00 bits per heavy atom. The van der Waals surface area contributed by atoms with Crippen molar-refractivity contribution in [2.45, 2.75) is 32.3 Å². The number of rotatable bonds is 4. The third-order valence-electron chi connectivity index (χ3n) is 1.72. The van der Waals surface area contributed by atoms with Crippen LogP contribution in [0, 0.1) is 6.10 Å². The Hall–Kier alpha value is -0.120. The van der Waals surface area contributed by atoms with Crippen molar-refractivity contribution in [2.75, 3.05) is 6.61 Å². The monoisotopic (exact) mass is 147 g/mol. The first-order valence-electron chi connectivity index (χ1n) is 3.49. The molecule has 0 aliphatic heterocycles. The molecule has 1 radical (unpaired) electrons. The maximum Gasteiger partial charge on any atom is 0.127 e. The van der Waals surface area contributed by atoms with Gasteiger partial charge in [-0.3, -0.25) is 0 Å². The van der Waals surface area contributed by atoms with Crippen LogP contribution < -0.4 is 0 Å². The van der Waals surface area contributed by atoms with E-state index in [-0.39, 0.29) is 6.10 Å². The van der Waals surface area contributed by atoms with Gasteiger partial charge in [0.1, 0.15) is 11.7 Å². The Kier molecular flexibility index (Phi) is 3.86. The van der Waals surface area contributed by atoms with Gasteiger partial charge >= 0.3 is 0 Å². The van der Waals surface area contributed by atoms with E-state index in [1.807, 2.05) is 0 Å². The van der Waals surface area contributed by atoms with Crippen molar-refractivity contribution >= 4 is 0 Å². The Morgan fingerprint density at radius 2 is 1.90 bits per heavy atom. The molecule has 3 nitrogen and oxygen atoms in total. The second kappa shape index (κ2) is 3.91. The highest BCUT2D eigenvalue weighted by molar-refractivity contribution is 4.97. The van der Waals surface area contributed by atoms with E-state index in [2.05, 4.69) is 0 Å². The summed E-state index contributed by atoms with van der Waals surface area (Å²) in [6.45, 7) is 3.02. The van der Waals surface area contributed by atoms with E-state index in [1.165, 1.54) is 0 Å². The van der Waals surface area contributed by atoms with E-state index < -0.39 is 12.2 Å². The zero-order valence-electron chi connectivity index (χ0n) is 6.46. The lowest BCUT2D eigenvalue weighted by Crippen LogP contribution is -2.39. The third-order valence-corrected chi connectivity index (χ3v) is 1.72. The highest BCUT2D eigenvalue weighted by atomic mass is 16.4. The average Bonchev–Trinajstić information content (AvgIpc) is 2.01. The van der Waals surface area contributed by atoms with Crippen LogP contribution in [-0.4, -0.2) is 27.5 Å². The summed E-state index contributed by atoms with van der Waals surface area (Å²) in [6, 6.07) is 0. The molecule has 10 heavy (non-hydrogen) atoms. The molecule has 0 aromatic rings. The lowest BCUT2D eigenvalue weighted by molar-refractivity contribution is -0.0544. The molecular formula is C7H15O3. The molecule has 3 heteroatoms. The van der Waals surface area contributed by atoms with Crippen LogP contribution in [0.15, 0.2) is 0 Å². The summed E-state index contributed by atoms with van der Waals surface area (Å²) in [4.78, 5) is 0. The van der Waals surface area contributed by atoms with Gasteiger partial charge in [-0.25, -0.2) is 0 Å². The van der Waals surface area contributed by atoms with Gasteiger partial charge < -0.3 is 15.3 Å². The summed E-state index contributed by atoms with van der Waals surface area (Å²) >= 11 is 0. The number of hydrogen-bond donors (Lipinski definition) is 3. The molecule has 1 atom stereocenters. The molecule has 0 aliphatic carbocycles. The molecule has 0 heterocycles. The van der Waals surface area contributed by atoms with Crippen molar-refractivity contribution in [3.05, 3.63) is 6.10 Å². The summed E-state index contributed by atoms with van der Waals surface area (Å²) in [5.41, 5.74) is -1.38. The van der Waals surface area contributed by atoms with Crippen LogP contribution in [0.4, 0.5) is 0 Å². The van der Waals surface area contributed by atoms with E-state index in [1.54, 1.807) is 13.8 Å². The second-order valence-electron chi connectivity index (χ2n) is 2.34. The molecule has 61 valence electrons. The molecule has 0 spiro atoms. The highest BCUT2D eigenvalue weighted by Gasteiger charge is 2.32. The van der Waals surface area contributed by atoms with Crippen LogP contribution in [0.2, 0.25) is 0 Å². The highest BCUT2D eigenvalue weighted by Crippen LogP contribution is 2.22. The zero-order chi connectivity index (χ0) is 8.20. The van der Waals surface area contributed by atoms with Crippen molar-refractivity contribution < 1.29 is 15.3 Å². The van der Waals surface area contributed by atoms with Crippen molar-refractivity contribution in [1.82, 2.24) is 0 Å². The molecule has 0 saturated carbocycles. The van der Waals surface area contributed by atoms with E-state index in [0.717, 1.165) is 0 Å². The molecule has 0 fully saturated rings. The van der Waals surface area contributed by atoms with Crippen molar-refractivity contribution in [3.8, 4) is 0 Å².